The maximum Gasteiger partial charge on any atom is 0.306 e. The molecule has 0 aromatic heterocycles. The number of hydrogen-bond donors (Lipinski definition) is 4. The van der Waals surface area contributed by atoms with Crippen LogP contribution in [0.4, 0.5) is 0 Å². The number of ether oxygens (including phenoxy) is 4. The minimum Gasteiger partial charge on any atom is -0.462 e. The maximum atomic E-state index is 12.8. The van der Waals surface area contributed by atoms with Gasteiger partial charge in [-0.2, -0.15) is 8.42 Å². The Kier molecular flexibility index (Phi) is 34.5. The van der Waals surface area contributed by atoms with Crippen LogP contribution < -0.4 is 0 Å². The van der Waals surface area contributed by atoms with Gasteiger partial charge in [-0.25, -0.2) is 0 Å². The molecule has 1 saturated heterocycles. The van der Waals surface area contributed by atoms with Gasteiger partial charge in [0.2, 0.25) is 0 Å². The first-order valence-electron chi connectivity index (χ1n) is 23.2. The lowest BCUT2D eigenvalue weighted by Crippen LogP contribution is -2.60. The second kappa shape index (κ2) is 37.2. The summed E-state index contributed by atoms with van der Waals surface area (Å²) < 4.78 is 54.1. The number of rotatable bonds is 38. The number of allylic oxidation sites excluding steroid dienone is 8. The zero-order chi connectivity index (χ0) is 44.1. The van der Waals surface area contributed by atoms with Gasteiger partial charge in [0.1, 0.15) is 36.8 Å². The van der Waals surface area contributed by atoms with Gasteiger partial charge < -0.3 is 34.3 Å². The van der Waals surface area contributed by atoms with E-state index in [1.54, 1.807) is 0 Å². The van der Waals surface area contributed by atoms with Crippen LogP contribution in [-0.4, -0.2) is 96.0 Å². The van der Waals surface area contributed by atoms with Gasteiger partial charge in [0, 0.05) is 12.8 Å². The molecule has 0 aromatic rings. The summed E-state index contributed by atoms with van der Waals surface area (Å²) in [6.45, 7) is 3.63. The Hall–Kier alpha value is -2.39. The highest BCUT2D eigenvalue weighted by Gasteiger charge is 2.46. The molecular formula is C47H82O12S. The summed E-state index contributed by atoms with van der Waals surface area (Å²) in [6, 6.07) is 0. The molecule has 0 bridgehead atoms. The third-order valence-electron chi connectivity index (χ3n) is 10.4. The zero-order valence-corrected chi connectivity index (χ0v) is 37.9. The van der Waals surface area contributed by atoms with Crippen LogP contribution in [0.15, 0.2) is 48.6 Å². The Morgan fingerprint density at radius 3 is 1.58 bits per heavy atom. The van der Waals surface area contributed by atoms with Crippen LogP contribution >= 0.6 is 0 Å². The lowest BCUT2D eigenvalue weighted by molar-refractivity contribution is -0.297. The molecule has 6 unspecified atom stereocenters. The van der Waals surface area contributed by atoms with E-state index in [2.05, 4.69) is 62.5 Å². The quantitative estimate of drug-likeness (QED) is 0.0200. The Balaban J connectivity index is 2.45. The van der Waals surface area contributed by atoms with Crippen molar-refractivity contribution in [3.63, 3.8) is 0 Å². The molecule has 348 valence electrons. The van der Waals surface area contributed by atoms with Crippen molar-refractivity contribution in [1.29, 1.82) is 0 Å². The van der Waals surface area contributed by atoms with Crippen LogP contribution in [0.25, 0.3) is 0 Å². The third kappa shape index (κ3) is 31.5. The Labute approximate surface area is 363 Å². The number of aliphatic hydroxyl groups excluding tert-OH is 3. The van der Waals surface area contributed by atoms with Crippen LogP contribution in [-0.2, 0) is 38.7 Å². The Morgan fingerprint density at radius 2 is 1.05 bits per heavy atom. The molecule has 0 aromatic carbocycles. The van der Waals surface area contributed by atoms with Crippen molar-refractivity contribution in [3.05, 3.63) is 48.6 Å². The van der Waals surface area contributed by atoms with Crippen LogP contribution in [0, 0.1) is 0 Å². The van der Waals surface area contributed by atoms with Crippen molar-refractivity contribution in [2.45, 2.75) is 218 Å². The lowest BCUT2D eigenvalue weighted by atomic mass is 10.00. The second-order valence-corrected chi connectivity index (χ2v) is 17.5. The molecule has 0 saturated carbocycles. The van der Waals surface area contributed by atoms with E-state index in [0.717, 1.165) is 103 Å². The number of hydrogen-bond acceptors (Lipinski definition) is 11. The number of esters is 2. The fourth-order valence-electron chi connectivity index (χ4n) is 6.80. The van der Waals surface area contributed by atoms with Crippen LogP contribution in [0.1, 0.15) is 181 Å². The topological polar surface area (TPSA) is 186 Å². The van der Waals surface area contributed by atoms with Gasteiger partial charge in [-0.1, -0.05) is 146 Å². The molecule has 0 aliphatic carbocycles. The van der Waals surface area contributed by atoms with Gasteiger partial charge in [-0.05, 0) is 70.6 Å². The average molecular weight is 871 g/mol. The van der Waals surface area contributed by atoms with E-state index >= 15 is 0 Å². The summed E-state index contributed by atoms with van der Waals surface area (Å²) in [5.74, 6) is -2.01. The van der Waals surface area contributed by atoms with Crippen molar-refractivity contribution in [1.82, 2.24) is 0 Å². The lowest BCUT2D eigenvalue weighted by Gasteiger charge is -2.40. The first kappa shape index (κ1) is 55.6. The fraction of sp³-hybridized carbons (Fsp3) is 0.787. The van der Waals surface area contributed by atoms with Crippen molar-refractivity contribution in [2.24, 2.45) is 0 Å². The first-order chi connectivity index (χ1) is 29.0. The molecule has 1 fully saturated rings. The highest BCUT2D eigenvalue weighted by atomic mass is 32.2. The maximum absolute atomic E-state index is 12.8. The largest absolute Gasteiger partial charge is 0.462 e. The Morgan fingerprint density at radius 1 is 0.583 bits per heavy atom. The molecule has 1 aliphatic heterocycles. The van der Waals surface area contributed by atoms with Gasteiger partial charge in [-0.3, -0.25) is 14.1 Å². The van der Waals surface area contributed by atoms with E-state index < -0.39 is 71.2 Å². The van der Waals surface area contributed by atoms with Gasteiger partial charge in [0.25, 0.3) is 10.1 Å². The van der Waals surface area contributed by atoms with Gasteiger partial charge in [0.05, 0.1) is 6.61 Å². The zero-order valence-electron chi connectivity index (χ0n) is 37.1. The smallest absolute Gasteiger partial charge is 0.306 e. The number of unbranched alkanes of at least 4 members (excludes halogenated alkanes) is 18. The minimum absolute atomic E-state index is 0.150. The van der Waals surface area contributed by atoms with E-state index in [-0.39, 0.29) is 19.4 Å². The molecule has 4 N–H and O–H groups in total. The summed E-state index contributed by atoms with van der Waals surface area (Å²) in [4.78, 5) is 25.4. The molecular weight excluding hydrogens is 789 g/mol. The summed E-state index contributed by atoms with van der Waals surface area (Å²) in [6.07, 6.45) is 34.3. The highest BCUT2D eigenvalue weighted by Crippen LogP contribution is 2.24. The standard InChI is InChI=1S/C47H82O12S/c1-3-5-7-9-11-13-15-17-19-20-22-24-26-28-30-32-34-36-43(49)58-40(38-57-47-46(52)45(51)44(50)41(59-47)39-60(53,54)55)37-56-42(48)35-33-31-29-27-25-23-21-18-16-14-12-10-8-6-4-2/h5,7,11,13,17-19,21,40-41,44-47,50-52H,3-4,6,8-10,12,14-16,20,22-39H2,1-2H3,(H,53,54,55)/b7-5-,13-11-,19-17-,21-18-. The summed E-state index contributed by atoms with van der Waals surface area (Å²) in [7, 11) is -4.61. The van der Waals surface area contributed by atoms with E-state index in [1.165, 1.54) is 38.5 Å². The normalized spacial score (nSPS) is 20.5. The van der Waals surface area contributed by atoms with Crippen molar-refractivity contribution in [3.8, 4) is 0 Å². The van der Waals surface area contributed by atoms with Gasteiger partial charge in [0.15, 0.2) is 12.4 Å². The molecule has 6 atom stereocenters. The molecule has 0 spiro atoms. The predicted octanol–water partition coefficient (Wildman–Crippen LogP) is 9.56. The van der Waals surface area contributed by atoms with Crippen LogP contribution in [0.3, 0.4) is 0 Å². The van der Waals surface area contributed by atoms with Crippen molar-refractivity contribution in [2.75, 3.05) is 19.0 Å². The van der Waals surface area contributed by atoms with Gasteiger partial charge >= 0.3 is 11.9 Å². The highest BCUT2D eigenvalue weighted by molar-refractivity contribution is 7.85. The summed E-state index contributed by atoms with van der Waals surface area (Å²) >= 11 is 0. The monoisotopic (exact) mass is 871 g/mol. The molecule has 1 heterocycles. The number of aliphatic hydroxyl groups is 3. The molecule has 0 radical (unpaired) electrons. The molecule has 12 nitrogen and oxygen atoms in total. The average Bonchev–Trinajstić information content (AvgIpc) is 3.21. The minimum atomic E-state index is -4.61. The molecule has 1 aliphatic rings. The molecule has 1 rings (SSSR count). The summed E-state index contributed by atoms with van der Waals surface area (Å²) in [5.41, 5.74) is 0. The molecule has 60 heavy (non-hydrogen) atoms. The number of carbonyl (C=O) groups excluding carboxylic acids is 2. The van der Waals surface area contributed by atoms with E-state index in [0.29, 0.717) is 12.8 Å². The SMILES string of the molecule is CC/C=C\C/C=C\C/C=C\CCCCCCCCCC(=O)OC(COC(=O)CCCCCCC/C=C\CCCCCCCC)COC1OC(CS(=O)(=O)O)C(O)C(O)C1O. The van der Waals surface area contributed by atoms with Gasteiger partial charge in [-0.15, -0.1) is 0 Å². The third-order valence-corrected chi connectivity index (χ3v) is 11.1. The molecule has 13 heteroatoms. The Bertz CT molecular complexity index is 1300. The van der Waals surface area contributed by atoms with E-state index in [1.807, 2.05) is 0 Å². The van der Waals surface area contributed by atoms with Crippen LogP contribution in [0.5, 0.6) is 0 Å². The summed E-state index contributed by atoms with van der Waals surface area (Å²) in [5, 5.41) is 30.9. The van der Waals surface area contributed by atoms with Crippen molar-refractivity contribution >= 4 is 22.1 Å². The van der Waals surface area contributed by atoms with Crippen molar-refractivity contribution < 1.29 is 56.8 Å². The van der Waals surface area contributed by atoms with Crippen LogP contribution in [0.2, 0.25) is 0 Å². The molecule has 0 amide bonds. The second-order valence-electron chi connectivity index (χ2n) is 16.0. The fourth-order valence-corrected chi connectivity index (χ4v) is 7.49. The van der Waals surface area contributed by atoms with E-state index in [4.69, 9.17) is 18.9 Å². The van der Waals surface area contributed by atoms with E-state index in [9.17, 15) is 37.9 Å². The predicted molar refractivity (Wildman–Crippen MR) is 238 cm³/mol. The number of carbonyl (C=O) groups is 2. The first-order valence-corrected chi connectivity index (χ1v) is 24.8.